The number of hydrogen-bond donors (Lipinski definition) is 2. The maximum absolute atomic E-state index is 12.4. The van der Waals surface area contributed by atoms with E-state index in [-0.39, 0.29) is 18.3 Å². The van der Waals surface area contributed by atoms with Crippen LogP contribution in [-0.2, 0) is 9.59 Å². The molecular formula is C15H20Cl2N2O3. The molecule has 2 atom stereocenters. The highest BCUT2D eigenvalue weighted by Gasteiger charge is 2.35. The van der Waals surface area contributed by atoms with Crippen molar-refractivity contribution in [2.75, 3.05) is 11.4 Å². The van der Waals surface area contributed by atoms with Crippen LogP contribution in [-0.4, -0.2) is 35.6 Å². The largest absolute Gasteiger partial charge is 0.480 e. The number of aliphatic carboxylic acids is 1. The average molecular weight is 347 g/mol. The molecule has 0 spiro atoms. The van der Waals surface area contributed by atoms with Crippen molar-refractivity contribution < 1.29 is 14.7 Å². The van der Waals surface area contributed by atoms with Crippen LogP contribution >= 0.6 is 24.0 Å². The minimum atomic E-state index is -0.911. The first kappa shape index (κ1) is 18.7. The Hall–Kier alpha value is -1.30. The molecule has 1 amide bonds. The van der Waals surface area contributed by atoms with Crippen molar-refractivity contribution in [2.45, 2.75) is 38.3 Å². The molecule has 0 radical (unpaired) electrons. The molecular weight excluding hydrogens is 327 g/mol. The molecule has 1 aliphatic rings. The quantitative estimate of drug-likeness (QED) is 0.830. The van der Waals surface area contributed by atoms with Gasteiger partial charge in [-0.05, 0) is 31.0 Å². The molecule has 0 aliphatic carbocycles. The second kappa shape index (κ2) is 8.36. The number of nitrogens with one attached hydrogen (secondary N) is 1. The Morgan fingerprint density at radius 2 is 2.27 bits per heavy atom. The lowest BCUT2D eigenvalue weighted by molar-refractivity contribution is -0.140. The lowest BCUT2D eigenvalue weighted by Gasteiger charge is -2.20. The Labute approximate surface area is 141 Å². The summed E-state index contributed by atoms with van der Waals surface area (Å²) in [7, 11) is 0. The fourth-order valence-corrected chi connectivity index (χ4v) is 2.73. The first-order chi connectivity index (χ1) is 10.0. The monoisotopic (exact) mass is 346 g/mol. The summed E-state index contributed by atoms with van der Waals surface area (Å²) >= 11 is 5.94. The van der Waals surface area contributed by atoms with Crippen molar-refractivity contribution in [1.29, 1.82) is 0 Å². The van der Waals surface area contributed by atoms with Crippen molar-refractivity contribution in [2.24, 2.45) is 0 Å². The van der Waals surface area contributed by atoms with E-state index >= 15 is 0 Å². The molecule has 2 rings (SSSR count). The number of carbonyl (C=O) groups is 2. The summed E-state index contributed by atoms with van der Waals surface area (Å²) in [6, 6.07) is 5.99. The summed E-state index contributed by atoms with van der Waals surface area (Å²) in [6.07, 6.45) is 1.86. The van der Waals surface area contributed by atoms with Gasteiger partial charge in [0.1, 0.15) is 6.04 Å². The van der Waals surface area contributed by atoms with E-state index in [1.807, 2.05) is 13.0 Å². The van der Waals surface area contributed by atoms with E-state index in [2.05, 4.69) is 5.32 Å². The third-order valence-electron chi connectivity index (χ3n) is 3.60. The van der Waals surface area contributed by atoms with E-state index in [9.17, 15) is 9.59 Å². The van der Waals surface area contributed by atoms with Crippen molar-refractivity contribution in [3.8, 4) is 0 Å². The third kappa shape index (κ3) is 4.35. The van der Waals surface area contributed by atoms with Crippen molar-refractivity contribution in [3.63, 3.8) is 0 Å². The van der Waals surface area contributed by atoms with Gasteiger partial charge in [-0.1, -0.05) is 31.0 Å². The fraction of sp³-hybridized carbons (Fsp3) is 0.467. The maximum Gasteiger partial charge on any atom is 0.320 e. The topological polar surface area (TPSA) is 69.6 Å². The summed E-state index contributed by atoms with van der Waals surface area (Å²) in [6.45, 7) is 2.49. The van der Waals surface area contributed by atoms with Gasteiger partial charge in [0.25, 0.3) is 0 Å². The zero-order valence-electron chi connectivity index (χ0n) is 12.3. The molecule has 1 saturated heterocycles. The Kier molecular flexibility index (Phi) is 7.13. The molecule has 1 aromatic rings. The summed E-state index contributed by atoms with van der Waals surface area (Å²) in [5, 5.41) is 12.7. The van der Waals surface area contributed by atoms with Gasteiger partial charge in [0, 0.05) is 17.3 Å². The molecule has 7 heteroatoms. The second-order valence-electron chi connectivity index (χ2n) is 5.16. The molecule has 0 bridgehead atoms. The number of carbonyl (C=O) groups excluding carboxylic acids is 1. The molecule has 1 fully saturated rings. The molecule has 2 unspecified atom stereocenters. The number of rotatable bonds is 6. The zero-order valence-corrected chi connectivity index (χ0v) is 13.9. The molecule has 2 N–H and O–H groups in total. The van der Waals surface area contributed by atoms with Gasteiger partial charge in [-0.2, -0.15) is 0 Å². The van der Waals surface area contributed by atoms with Crippen LogP contribution in [0.3, 0.4) is 0 Å². The normalized spacial score (nSPS) is 18.9. The Morgan fingerprint density at radius 3 is 2.86 bits per heavy atom. The van der Waals surface area contributed by atoms with Gasteiger partial charge < -0.3 is 10.0 Å². The molecule has 1 aliphatic heterocycles. The standard InChI is InChI=1S/C15H19ClN2O3.ClH/c1-2-4-13(15(20)21)17-12-7-8-18(14(12)19)11-6-3-5-10(16)9-11;/h3,5-6,9,12-13,17H,2,4,7-8H2,1H3,(H,20,21);1H. The van der Waals surface area contributed by atoms with Crippen molar-refractivity contribution in [1.82, 2.24) is 5.32 Å². The fourth-order valence-electron chi connectivity index (χ4n) is 2.54. The van der Waals surface area contributed by atoms with Gasteiger partial charge >= 0.3 is 5.97 Å². The smallest absolute Gasteiger partial charge is 0.320 e. The van der Waals surface area contributed by atoms with Gasteiger partial charge in [-0.3, -0.25) is 14.9 Å². The molecule has 0 aromatic heterocycles. The first-order valence-electron chi connectivity index (χ1n) is 7.08. The highest BCUT2D eigenvalue weighted by atomic mass is 35.5. The molecule has 0 saturated carbocycles. The Balaban J connectivity index is 0.00000242. The lowest BCUT2D eigenvalue weighted by atomic mass is 10.1. The summed E-state index contributed by atoms with van der Waals surface area (Å²) in [4.78, 5) is 25.2. The van der Waals surface area contributed by atoms with Crippen LogP contribution in [0.5, 0.6) is 0 Å². The average Bonchev–Trinajstić information content (AvgIpc) is 2.79. The van der Waals surface area contributed by atoms with Gasteiger partial charge in [-0.25, -0.2) is 0 Å². The maximum atomic E-state index is 12.4. The molecule has 122 valence electrons. The number of hydrogen-bond acceptors (Lipinski definition) is 3. The molecule has 1 heterocycles. The Morgan fingerprint density at radius 1 is 1.55 bits per heavy atom. The number of benzene rings is 1. The lowest BCUT2D eigenvalue weighted by Crippen LogP contribution is -2.47. The van der Waals surface area contributed by atoms with E-state index < -0.39 is 18.1 Å². The minimum absolute atomic E-state index is 0. The van der Waals surface area contributed by atoms with E-state index in [1.54, 1.807) is 23.1 Å². The summed E-state index contributed by atoms with van der Waals surface area (Å²) in [5.41, 5.74) is 0.749. The van der Waals surface area contributed by atoms with Crippen LogP contribution in [0.25, 0.3) is 0 Å². The zero-order chi connectivity index (χ0) is 15.4. The van der Waals surface area contributed by atoms with E-state index in [4.69, 9.17) is 16.7 Å². The van der Waals surface area contributed by atoms with Gasteiger partial charge in [-0.15, -0.1) is 12.4 Å². The van der Waals surface area contributed by atoms with Crippen LogP contribution < -0.4 is 10.2 Å². The predicted octanol–water partition coefficient (Wildman–Crippen LogP) is 2.71. The number of carboxylic acids is 1. The highest BCUT2D eigenvalue weighted by Crippen LogP contribution is 2.24. The van der Waals surface area contributed by atoms with Gasteiger partial charge in [0.15, 0.2) is 0 Å². The molecule has 22 heavy (non-hydrogen) atoms. The molecule has 1 aromatic carbocycles. The summed E-state index contributed by atoms with van der Waals surface area (Å²) < 4.78 is 0. The van der Waals surface area contributed by atoms with Gasteiger partial charge in [0.05, 0.1) is 6.04 Å². The highest BCUT2D eigenvalue weighted by molar-refractivity contribution is 6.31. The van der Waals surface area contributed by atoms with E-state index in [0.29, 0.717) is 24.4 Å². The third-order valence-corrected chi connectivity index (χ3v) is 3.84. The summed E-state index contributed by atoms with van der Waals surface area (Å²) in [5.74, 6) is -1.01. The predicted molar refractivity (Wildman–Crippen MR) is 88.9 cm³/mol. The number of nitrogens with zero attached hydrogens (tertiary/aromatic N) is 1. The minimum Gasteiger partial charge on any atom is -0.480 e. The Bertz CT molecular complexity index is 539. The number of amides is 1. The SMILES string of the molecule is CCCC(NC1CCN(c2cccc(Cl)c2)C1=O)C(=O)O.Cl. The van der Waals surface area contributed by atoms with Crippen molar-refractivity contribution >= 4 is 41.6 Å². The first-order valence-corrected chi connectivity index (χ1v) is 7.46. The number of halogens is 2. The van der Waals surface area contributed by atoms with Crippen LogP contribution in [0.4, 0.5) is 5.69 Å². The molecule has 5 nitrogen and oxygen atoms in total. The van der Waals surface area contributed by atoms with Gasteiger partial charge in [0.2, 0.25) is 5.91 Å². The number of anilines is 1. The van der Waals surface area contributed by atoms with Crippen LogP contribution in [0.2, 0.25) is 5.02 Å². The van der Waals surface area contributed by atoms with E-state index in [1.165, 1.54) is 0 Å². The van der Waals surface area contributed by atoms with E-state index in [0.717, 1.165) is 12.1 Å². The number of carboxylic acid groups (broad SMARTS) is 1. The van der Waals surface area contributed by atoms with Crippen LogP contribution in [0, 0.1) is 0 Å². The second-order valence-corrected chi connectivity index (χ2v) is 5.59. The van der Waals surface area contributed by atoms with Crippen LogP contribution in [0.1, 0.15) is 26.2 Å². The van der Waals surface area contributed by atoms with Crippen molar-refractivity contribution in [3.05, 3.63) is 29.3 Å². The van der Waals surface area contributed by atoms with Crippen LogP contribution in [0.15, 0.2) is 24.3 Å².